The maximum Gasteiger partial charge on any atom is 0.417 e. The third-order valence-electron chi connectivity index (χ3n) is 4.09. The van der Waals surface area contributed by atoms with E-state index < -0.39 is 29.4 Å². The van der Waals surface area contributed by atoms with Crippen LogP contribution in [0.5, 0.6) is 0 Å². The number of amides is 1. The molecule has 3 aromatic heterocycles. The third kappa shape index (κ3) is 4.91. The minimum absolute atomic E-state index is 0.0750. The highest BCUT2D eigenvalue weighted by Gasteiger charge is 2.33. The number of pyridine rings is 2. The highest BCUT2D eigenvalue weighted by Crippen LogP contribution is 2.34. The molecule has 1 N–H and O–H groups in total. The van der Waals surface area contributed by atoms with Gasteiger partial charge in [-0.3, -0.25) is 19.8 Å². The Bertz CT molecular complexity index is 1160. The van der Waals surface area contributed by atoms with E-state index in [0.717, 1.165) is 9.58 Å². The summed E-state index contributed by atoms with van der Waals surface area (Å²) in [5.41, 5.74) is 0.153. The summed E-state index contributed by atoms with van der Waals surface area (Å²) >= 11 is 11.8. The Kier molecular flexibility index (Phi) is 6.29. The van der Waals surface area contributed by atoms with Gasteiger partial charge in [-0.1, -0.05) is 23.2 Å². The summed E-state index contributed by atoms with van der Waals surface area (Å²) in [6.45, 7) is 0. The highest BCUT2D eigenvalue weighted by atomic mass is 35.5. The minimum atomic E-state index is -4.65. The summed E-state index contributed by atoms with van der Waals surface area (Å²) in [5.74, 6) is -1.09. The molecule has 0 aliphatic carbocycles. The lowest BCUT2D eigenvalue weighted by Crippen LogP contribution is -2.40. The molecule has 3 heterocycles. The molecule has 0 saturated carbocycles. The van der Waals surface area contributed by atoms with E-state index in [4.69, 9.17) is 23.2 Å². The van der Waals surface area contributed by atoms with Crippen LogP contribution in [-0.2, 0) is 12.4 Å². The summed E-state index contributed by atoms with van der Waals surface area (Å²) in [5, 5.41) is 0.264. The molecule has 0 fully saturated rings. The van der Waals surface area contributed by atoms with Crippen molar-refractivity contribution in [3.8, 4) is 5.82 Å². The van der Waals surface area contributed by atoms with E-state index in [0.29, 0.717) is 24.5 Å². The van der Waals surface area contributed by atoms with Crippen LogP contribution in [0, 0.1) is 0 Å². The van der Waals surface area contributed by atoms with E-state index in [1.54, 1.807) is 0 Å². The first-order valence-electron chi connectivity index (χ1n) is 8.47. The van der Waals surface area contributed by atoms with Crippen LogP contribution >= 0.6 is 23.2 Å². The number of hydrogen-bond donors (Lipinski definition) is 1. The number of halogens is 8. The van der Waals surface area contributed by atoms with Crippen LogP contribution in [0.2, 0.25) is 10.0 Å². The van der Waals surface area contributed by atoms with Crippen molar-refractivity contribution in [2.75, 3.05) is 12.1 Å². The molecule has 6 nitrogen and oxygen atoms in total. The summed E-state index contributed by atoms with van der Waals surface area (Å²) < 4.78 is 77.9. The van der Waals surface area contributed by atoms with Crippen molar-refractivity contribution in [1.82, 2.24) is 20.0 Å². The predicted molar refractivity (Wildman–Crippen MR) is 104 cm³/mol. The van der Waals surface area contributed by atoms with Crippen LogP contribution in [0.4, 0.5) is 32.2 Å². The van der Waals surface area contributed by atoms with Crippen molar-refractivity contribution in [2.24, 2.45) is 0 Å². The maximum atomic E-state index is 12.8. The van der Waals surface area contributed by atoms with Gasteiger partial charge in [0.25, 0.3) is 5.91 Å². The predicted octanol–water partition coefficient (Wildman–Crippen LogP) is 5.39. The fraction of sp³-hybridized carbons (Fsp3) is 0.167. The number of carbonyl (C=O) groups is 1. The number of alkyl halides is 6. The van der Waals surface area contributed by atoms with Crippen molar-refractivity contribution in [3.05, 3.63) is 69.7 Å². The Morgan fingerprint density at radius 1 is 1.00 bits per heavy atom. The Morgan fingerprint density at radius 3 is 2.09 bits per heavy atom. The number of rotatable bonds is 4. The van der Waals surface area contributed by atoms with Crippen LogP contribution in [0.1, 0.15) is 21.6 Å². The maximum absolute atomic E-state index is 12.8. The smallest absolute Gasteiger partial charge is 0.295 e. The second-order valence-electron chi connectivity index (χ2n) is 6.32. The Labute approximate surface area is 186 Å². The van der Waals surface area contributed by atoms with Crippen LogP contribution in [0.15, 0.2) is 42.9 Å². The van der Waals surface area contributed by atoms with E-state index in [2.05, 4.69) is 15.4 Å². The van der Waals surface area contributed by atoms with Gasteiger partial charge in [-0.25, -0.2) is 9.97 Å². The van der Waals surface area contributed by atoms with Gasteiger partial charge in [0.05, 0.1) is 21.2 Å². The minimum Gasteiger partial charge on any atom is -0.295 e. The Morgan fingerprint density at radius 2 is 1.56 bits per heavy atom. The molecular formula is C18H11Cl2F6N5O. The van der Waals surface area contributed by atoms with Gasteiger partial charge < -0.3 is 0 Å². The Balaban J connectivity index is 1.85. The van der Waals surface area contributed by atoms with Gasteiger partial charge in [0.2, 0.25) is 0 Å². The van der Waals surface area contributed by atoms with Crippen LogP contribution in [-0.4, -0.2) is 27.5 Å². The normalized spacial score (nSPS) is 12.0. The molecule has 1 amide bonds. The summed E-state index contributed by atoms with van der Waals surface area (Å²) in [7, 11) is 1.29. The molecule has 32 heavy (non-hydrogen) atoms. The molecule has 170 valence electrons. The first-order valence-corrected chi connectivity index (χ1v) is 9.22. The van der Waals surface area contributed by atoms with Gasteiger partial charge in [-0.2, -0.15) is 26.3 Å². The van der Waals surface area contributed by atoms with E-state index in [1.807, 2.05) is 0 Å². The van der Waals surface area contributed by atoms with E-state index >= 15 is 0 Å². The topological polar surface area (TPSA) is 63.1 Å². The van der Waals surface area contributed by atoms with Crippen molar-refractivity contribution < 1.29 is 31.1 Å². The van der Waals surface area contributed by atoms with Crippen molar-refractivity contribution >= 4 is 34.9 Å². The molecule has 0 aromatic carbocycles. The second-order valence-corrected chi connectivity index (χ2v) is 7.13. The lowest BCUT2D eigenvalue weighted by Gasteiger charge is -2.21. The molecule has 14 heteroatoms. The number of carbonyl (C=O) groups excluding carboxylic acids is 1. The average Bonchev–Trinajstić information content (AvgIpc) is 3.15. The third-order valence-corrected chi connectivity index (χ3v) is 4.65. The molecule has 0 spiro atoms. The zero-order valence-corrected chi connectivity index (χ0v) is 17.3. The zero-order chi connectivity index (χ0) is 23.8. The molecule has 0 saturated heterocycles. The lowest BCUT2D eigenvalue weighted by atomic mass is 10.2. The van der Waals surface area contributed by atoms with Gasteiger partial charge in [-0.15, -0.1) is 0 Å². The van der Waals surface area contributed by atoms with Crippen molar-refractivity contribution in [3.63, 3.8) is 0 Å². The van der Waals surface area contributed by atoms with Gasteiger partial charge in [0.1, 0.15) is 5.69 Å². The van der Waals surface area contributed by atoms with Crippen LogP contribution < -0.4 is 10.4 Å². The Hall–Kier alpha value is -2.99. The summed E-state index contributed by atoms with van der Waals surface area (Å²) in [6, 6.07) is 4.08. The molecule has 0 aliphatic rings. The molecule has 3 aromatic rings. The molecule has 0 unspecified atom stereocenters. The largest absolute Gasteiger partial charge is 0.417 e. The second kappa shape index (κ2) is 8.51. The van der Waals surface area contributed by atoms with Gasteiger partial charge >= 0.3 is 12.4 Å². The number of nitrogens with zero attached hydrogens (tertiary/aromatic N) is 4. The number of hydrazine groups is 1. The number of aromatic nitrogens is 3. The average molecular weight is 498 g/mol. The van der Waals surface area contributed by atoms with Gasteiger partial charge in [0.15, 0.2) is 11.6 Å². The molecule has 0 bridgehead atoms. The standard InChI is InChI=1S/C18H11Cl2F6N5O/c1-30(14-11(19)5-9(7-27-14)17(21,22)23)29-16(32)13-3-2-4-31(13)15-12(20)6-10(8-28-15)18(24,25)26/h2-8H,1H3,(H,29,32). The molecule has 0 radical (unpaired) electrons. The summed E-state index contributed by atoms with van der Waals surface area (Å²) in [6.07, 6.45) is -6.83. The fourth-order valence-corrected chi connectivity index (χ4v) is 3.16. The van der Waals surface area contributed by atoms with Crippen LogP contribution in [0.3, 0.4) is 0 Å². The van der Waals surface area contributed by atoms with Gasteiger partial charge in [-0.05, 0) is 24.3 Å². The molecule has 0 atom stereocenters. The first-order chi connectivity index (χ1) is 14.8. The van der Waals surface area contributed by atoms with E-state index in [9.17, 15) is 31.1 Å². The van der Waals surface area contributed by atoms with E-state index in [-0.39, 0.29) is 27.4 Å². The number of hydrogen-bond acceptors (Lipinski definition) is 4. The zero-order valence-electron chi connectivity index (χ0n) is 15.8. The molecular weight excluding hydrogens is 487 g/mol. The highest BCUT2D eigenvalue weighted by molar-refractivity contribution is 6.33. The number of nitrogens with one attached hydrogen (secondary N) is 1. The van der Waals surface area contributed by atoms with Crippen LogP contribution in [0.25, 0.3) is 5.82 Å². The monoisotopic (exact) mass is 497 g/mol. The summed E-state index contributed by atoms with van der Waals surface area (Å²) in [4.78, 5) is 20.0. The molecule has 3 rings (SSSR count). The first kappa shape index (κ1) is 23.7. The van der Waals surface area contributed by atoms with Crippen molar-refractivity contribution in [1.29, 1.82) is 0 Å². The van der Waals surface area contributed by atoms with E-state index in [1.165, 1.54) is 25.4 Å². The van der Waals surface area contributed by atoms with Crippen molar-refractivity contribution in [2.45, 2.75) is 12.4 Å². The molecule has 0 aliphatic heterocycles. The van der Waals surface area contributed by atoms with Gasteiger partial charge in [0, 0.05) is 25.6 Å². The SMILES string of the molecule is CN(NC(=O)c1cccn1-c1ncc(C(F)(F)F)cc1Cl)c1ncc(C(F)(F)F)cc1Cl. The quantitative estimate of drug-likeness (QED) is 0.387. The lowest BCUT2D eigenvalue weighted by molar-refractivity contribution is -0.138. The number of anilines is 1. The fourth-order valence-electron chi connectivity index (χ4n) is 2.61.